The molecule has 2 heterocycles. The number of hydrogen-bond acceptors (Lipinski definition) is 4. The van der Waals surface area contributed by atoms with E-state index >= 15 is 0 Å². The molecule has 1 aromatic carbocycles. The highest BCUT2D eigenvalue weighted by molar-refractivity contribution is 7.80. The van der Waals surface area contributed by atoms with Gasteiger partial charge in [-0.15, -0.1) is 11.3 Å². The molecule has 0 spiro atoms. The molecule has 1 fully saturated rings. The summed E-state index contributed by atoms with van der Waals surface area (Å²) >= 11 is 19.3. The SMILES string of the molecule is CN1CCN(C(CNC(=S)Nc2ccc(Cl)c(Cl)c2)c2cccs2)CC1. The number of benzene rings is 1. The van der Waals surface area contributed by atoms with Crippen LogP contribution in [0.25, 0.3) is 0 Å². The molecule has 1 aromatic heterocycles. The summed E-state index contributed by atoms with van der Waals surface area (Å²) in [5, 5.41) is 10.3. The minimum atomic E-state index is 0.317. The monoisotopic (exact) mass is 428 g/mol. The molecule has 2 aromatic rings. The van der Waals surface area contributed by atoms with Crippen molar-refractivity contribution < 1.29 is 0 Å². The first-order chi connectivity index (χ1) is 12.5. The van der Waals surface area contributed by atoms with Gasteiger partial charge in [0.25, 0.3) is 0 Å². The highest BCUT2D eigenvalue weighted by Crippen LogP contribution is 2.26. The third-order valence-corrected chi connectivity index (χ3v) is 6.44. The maximum Gasteiger partial charge on any atom is 0.170 e. The largest absolute Gasteiger partial charge is 0.360 e. The van der Waals surface area contributed by atoms with Crippen LogP contribution in [0.2, 0.25) is 10.0 Å². The first-order valence-electron chi connectivity index (χ1n) is 8.49. The van der Waals surface area contributed by atoms with E-state index in [2.05, 4.69) is 45.0 Å². The smallest absolute Gasteiger partial charge is 0.170 e. The van der Waals surface area contributed by atoms with Crippen molar-refractivity contribution in [1.29, 1.82) is 0 Å². The third-order valence-electron chi connectivity index (χ3n) is 4.48. The van der Waals surface area contributed by atoms with Crippen molar-refractivity contribution in [2.24, 2.45) is 0 Å². The number of hydrogen-bond donors (Lipinski definition) is 2. The Bertz CT molecular complexity index is 731. The number of likely N-dealkylation sites (N-methyl/N-ethyl adjacent to an activating group) is 1. The van der Waals surface area contributed by atoms with Gasteiger partial charge in [-0.3, -0.25) is 4.90 Å². The lowest BCUT2D eigenvalue weighted by Gasteiger charge is -2.37. The Hall–Kier alpha value is -0.890. The standard InChI is InChI=1S/C18H22Cl2N4S2/c1-23-6-8-24(9-7-23)16(17-3-2-10-26-17)12-21-18(25)22-13-4-5-14(19)15(20)11-13/h2-5,10-11,16H,6-9,12H2,1H3,(H2,21,22,25). The first-order valence-corrected chi connectivity index (χ1v) is 10.5. The molecule has 1 saturated heterocycles. The number of piperazine rings is 1. The van der Waals surface area contributed by atoms with Gasteiger partial charge in [0, 0.05) is 43.3 Å². The first kappa shape index (κ1) is 19.9. The molecule has 1 aliphatic rings. The average Bonchev–Trinajstić information content (AvgIpc) is 3.14. The van der Waals surface area contributed by atoms with E-state index in [0.29, 0.717) is 21.2 Å². The third kappa shape index (κ3) is 5.31. The molecule has 0 amide bonds. The summed E-state index contributed by atoms with van der Waals surface area (Å²) in [7, 11) is 2.17. The lowest BCUT2D eigenvalue weighted by molar-refractivity contribution is 0.114. The molecule has 3 rings (SSSR count). The van der Waals surface area contributed by atoms with Gasteiger partial charge in [-0.25, -0.2) is 0 Å². The predicted molar refractivity (Wildman–Crippen MR) is 117 cm³/mol. The van der Waals surface area contributed by atoms with Crippen molar-refractivity contribution in [3.63, 3.8) is 0 Å². The van der Waals surface area contributed by atoms with Crippen LogP contribution in [0.1, 0.15) is 10.9 Å². The Balaban J connectivity index is 1.60. The van der Waals surface area contributed by atoms with E-state index in [9.17, 15) is 0 Å². The van der Waals surface area contributed by atoms with E-state index in [4.69, 9.17) is 35.4 Å². The quantitative estimate of drug-likeness (QED) is 0.691. The molecule has 1 unspecified atom stereocenters. The van der Waals surface area contributed by atoms with Crippen LogP contribution in [-0.4, -0.2) is 54.7 Å². The van der Waals surface area contributed by atoms with Crippen LogP contribution >= 0.6 is 46.8 Å². The van der Waals surface area contributed by atoms with E-state index in [1.807, 2.05) is 6.07 Å². The molecule has 0 bridgehead atoms. The van der Waals surface area contributed by atoms with Gasteiger partial charge >= 0.3 is 0 Å². The van der Waals surface area contributed by atoms with Crippen molar-refractivity contribution in [2.45, 2.75) is 6.04 Å². The fourth-order valence-corrected chi connectivity index (χ4v) is 4.32. The van der Waals surface area contributed by atoms with E-state index in [0.717, 1.165) is 38.4 Å². The fourth-order valence-electron chi connectivity index (χ4n) is 2.96. The Morgan fingerprint density at radius 2 is 1.96 bits per heavy atom. The number of nitrogens with one attached hydrogen (secondary N) is 2. The molecule has 2 N–H and O–H groups in total. The second kappa shape index (κ2) is 9.35. The normalized spacial score (nSPS) is 17.0. The van der Waals surface area contributed by atoms with Crippen molar-refractivity contribution in [2.75, 3.05) is 45.1 Å². The van der Waals surface area contributed by atoms with Gasteiger partial charge in [0.15, 0.2) is 5.11 Å². The van der Waals surface area contributed by atoms with Gasteiger partial charge in [-0.1, -0.05) is 29.3 Å². The number of halogens is 2. The number of thiocarbonyl (C=S) groups is 1. The van der Waals surface area contributed by atoms with Crippen molar-refractivity contribution >= 4 is 57.6 Å². The zero-order valence-corrected chi connectivity index (χ0v) is 17.7. The van der Waals surface area contributed by atoms with Crippen LogP contribution < -0.4 is 10.6 Å². The molecule has 0 saturated carbocycles. The summed E-state index contributed by atoms with van der Waals surface area (Å²) in [6.07, 6.45) is 0. The van der Waals surface area contributed by atoms with E-state index in [-0.39, 0.29) is 0 Å². The van der Waals surface area contributed by atoms with Crippen LogP contribution in [0.5, 0.6) is 0 Å². The van der Waals surface area contributed by atoms with E-state index < -0.39 is 0 Å². The highest BCUT2D eigenvalue weighted by atomic mass is 35.5. The summed E-state index contributed by atoms with van der Waals surface area (Å²) in [4.78, 5) is 6.26. The molecule has 4 nitrogen and oxygen atoms in total. The summed E-state index contributed by atoms with van der Waals surface area (Å²) in [6.45, 7) is 5.07. The summed E-state index contributed by atoms with van der Waals surface area (Å²) in [6, 6.07) is 10.0. The van der Waals surface area contributed by atoms with Gasteiger partial charge in [0.1, 0.15) is 0 Å². The average molecular weight is 429 g/mol. The van der Waals surface area contributed by atoms with Crippen LogP contribution in [0, 0.1) is 0 Å². The van der Waals surface area contributed by atoms with Crippen molar-refractivity contribution in [3.8, 4) is 0 Å². The number of rotatable bonds is 5. The Morgan fingerprint density at radius 3 is 2.62 bits per heavy atom. The minimum absolute atomic E-state index is 0.317. The maximum atomic E-state index is 6.06. The number of nitrogens with zero attached hydrogens (tertiary/aromatic N) is 2. The number of thiophene rings is 1. The van der Waals surface area contributed by atoms with Crippen LogP contribution in [-0.2, 0) is 0 Å². The fraction of sp³-hybridized carbons (Fsp3) is 0.389. The Labute approximate surface area is 174 Å². The molecule has 1 aliphatic heterocycles. The molecule has 26 heavy (non-hydrogen) atoms. The molecule has 0 radical (unpaired) electrons. The van der Waals surface area contributed by atoms with Crippen molar-refractivity contribution in [1.82, 2.24) is 15.1 Å². The summed E-state index contributed by atoms with van der Waals surface area (Å²) in [5.41, 5.74) is 0.823. The maximum absolute atomic E-state index is 6.06. The predicted octanol–water partition coefficient (Wildman–Crippen LogP) is 4.33. The topological polar surface area (TPSA) is 30.5 Å². The molecule has 1 atom stereocenters. The number of anilines is 1. The molecule has 140 valence electrons. The minimum Gasteiger partial charge on any atom is -0.360 e. The van der Waals surface area contributed by atoms with E-state index in [1.54, 1.807) is 23.5 Å². The second-order valence-electron chi connectivity index (χ2n) is 6.33. The molecular formula is C18H22Cl2N4S2. The summed E-state index contributed by atoms with van der Waals surface area (Å²) < 4.78 is 0. The van der Waals surface area contributed by atoms with Gasteiger partial charge in [0.2, 0.25) is 0 Å². The lowest BCUT2D eigenvalue weighted by Crippen LogP contribution is -2.48. The van der Waals surface area contributed by atoms with Gasteiger partial charge in [-0.2, -0.15) is 0 Å². The molecule has 8 heteroatoms. The molecule has 0 aliphatic carbocycles. The van der Waals surface area contributed by atoms with Crippen LogP contribution in [0.3, 0.4) is 0 Å². The van der Waals surface area contributed by atoms with Crippen LogP contribution in [0.15, 0.2) is 35.7 Å². The van der Waals surface area contributed by atoms with Gasteiger partial charge < -0.3 is 15.5 Å². The zero-order valence-electron chi connectivity index (χ0n) is 14.5. The van der Waals surface area contributed by atoms with Crippen molar-refractivity contribution in [3.05, 3.63) is 50.6 Å². The summed E-state index contributed by atoms with van der Waals surface area (Å²) in [5.74, 6) is 0. The van der Waals surface area contributed by atoms with Gasteiger partial charge in [-0.05, 0) is 48.9 Å². The Kier molecular flexibility index (Phi) is 7.14. The van der Waals surface area contributed by atoms with Crippen LogP contribution in [0.4, 0.5) is 5.69 Å². The second-order valence-corrected chi connectivity index (χ2v) is 8.54. The highest BCUT2D eigenvalue weighted by Gasteiger charge is 2.24. The molecular weight excluding hydrogens is 407 g/mol. The van der Waals surface area contributed by atoms with Gasteiger partial charge in [0.05, 0.1) is 16.1 Å². The van der Waals surface area contributed by atoms with E-state index in [1.165, 1.54) is 4.88 Å². The lowest BCUT2D eigenvalue weighted by atomic mass is 10.1. The Morgan fingerprint density at radius 1 is 1.19 bits per heavy atom. The zero-order chi connectivity index (χ0) is 18.5.